The number of ether oxygens (including phenoxy) is 1. The van der Waals surface area contributed by atoms with Crippen LogP contribution in [0.4, 0.5) is 0 Å². The van der Waals surface area contributed by atoms with E-state index in [1.54, 1.807) is 0 Å². The molecule has 2 atom stereocenters. The number of hydrogen-bond acceptors (Lipinski definition) is 4. The Hall–Kier alpha value is -4.38. The summed E-state index contributed by atoms with van der Waals surface area (Å²) < 4.78 is 27.7. The molecule has 1 N–H and O–H groups in total. The molecule has 5 heterocycles. The molecule has 7 rings (SSSR count). The van der Waals surface area contributed by atoms with Gasteiger partial charge in [-0.3, -0.25) is 17.4 Å². The number of fused-ring (bicyclic) bond motifs is 1. The molecule has 46 heavy (non-hydrogen) atoms. The van der Waals surface area contributed by atoms with E-state index in [2.05, 4.69) is 27.7 Å². The van der Waals surface area contributed by atoms with Crippen molar-refractivity contribution >= 4 is 16.9 Å². The molecular weight excluding hydrogens is 614 g/mol. The summed E-state index contributed by atoms with van der Waals surface area (Å²) in [6.07, 6.45) is 19.9. The van der Waals surface area contributed by atoms with Gasteiger partial charge in [-0.2, -0.15) is 0 Å². The van der Waals surface area contributed by atoms with Crippen molar-refractivity contribution in [2.45, 2.75) is 32.6 Å². The van der Waals surface area contributed by atoms with Crippen LogP contribution >= 0.6 is 16.9 Å². The molecule has 6 aromatic rings. The second-order valence-corrected chi connectivity index (χ2v) is 14.9. The first-order valence-corrected chi connectivity index (χ1v) is 18.0. The highest BCUT2D eigenvalue weighted by Gasteiger charge is 2.26. The molecule has 8 nitrogen and oxygen atoms in total. The topological polar surface area (TPSA) is 67.6 Å². The maximum absolute atomic E-state index is 11.3. The number of phenolic OH excluding ortho intramolecular Hbond substituents is 1. The zero-order valence-corrected chi connectivity index (χ0v) is 27.5. The molecule has 0 saturated carbocycles. The Morgan fingerprint density at radius 3 is 1.78 bits per heavy atom. The second-order valence-electron chi connectivity index (χ2n) is 11.7. The van der Waals surface area contributed by atoms with Gasteiger partial charge in [0.15, 0.2) is 23.0 Å². The van der Waals surface area contributed by atoms with Gasteiger partial charge in [-0.1, -0.05) is 31.2 Å². The zero-order chi connectivity index (χ0) is 31.3. The van der Waals surface area contributed by atoms with Crippen LogP contribution in [0.25, 0.3) is 0 Å². The lowest BCUT2D eigenvalue weighted by atomic mass is 9.88. The third-order valence-electron chi connectivity index (χ3n) is 8.26. The van der Waals surface area contributed by atoms with Crippen molar-refractivity contribution in [1.29, 1.82) is 0 Å². The van der Waals surface area contributed by atoms with Gasteiger partial charge in [-0.05, 0) is 109 Å². The lowest BCUT2D eigenvalue weighted by Crippen LogP contribution is -2.22. The van der Waals surface area contributed by atoms with Gasteiger partial charge in [-0.25, -0.2) is 0 Å². The van der Waals surface area contributed by atoms with E-state index in [-0.39, 0.29) is 5.75 Å². The minimum Gasteiger partial charge on any atom is -0.504 e. The summed E-state index contributed by atoms with van der Waals surface area (Å²) in [5.41, 5.74) is 2.11. The predicted molar refractivity (Wildman–Crippen MR) is 184 cm³/mol. The fourth-order valence-electron chi connectivity index (χ4n) is 5.88. The van der Waals surface area contributed by atoms with Crippen LogP contribution < -0.4 is 13.8 Å². The monoisotopic (exact) mass is 652 g/mol. The predicted octanol–water partition coefficient (Wildman–Crippen LogP) is 9.21. The third kappa shape index (κ3) is 6.74. The summed E-state index contributed by atoms with van der Waals surface area (Å²) in [6.45, 7) is 2.93. The zero-order valence-electron chi connectivity index (χ0n) is 25.7. The second kappa shape index (κ2) is 13.9. The van der Waals surface area contributed by atoms with Crippen LogP contribution in [-0.4, -0.2) is 29.1 Å². The van der Waals surface area contributed by atoms with Gasteiger partial charge in [-0.15, -0.1) is 0 Å². The molecule has 1 unspecified atom stereocenters. The molecular formula is C36H38N4O4P2. The summed E-state index contributed by atoms with van der Waals surface area (Å²) in [5, 5.41) is 11.3. The molecule has 2 aromatic carbocycles. The van der Waals surface area contributed by atoms with E-state index in [1.165, 1.54) is 5.56 Å². The van der Waals surface area contributed by atoms with Crippen LogP contribution in [0, 0.1) is 11.8 Å². The molecule has 0 fully saturated rings. The average Bonchev–Trinajstić information content (AvgIpc) is 3.92. The third-order valence-corrected chi connectivity index (χ3v) is 11.6. The van der Waals surface area contributed by atoms with Crippen LogP contribution in [0.5, 0.6) is 23.0 Å². The lowest BCUT2D eigenvalue weighted by Gasteiger charge is -2.29. The number of benzene rings is 2. The van der Waals surface area contributed by atoms with E-state index in [0.717, 1.165) is 42.7 Å². The summed E-state index contributed by atoms with van der Waals surface area (Å²) in [5.74, 6) is 3.19. The van der Waals surface area contributed by atoms with Gasteiger partial charge < -0.3 is 18.9 Å². The number of rotatable bonds is 13. The average molecular weight is 653 g/mol. The minimum atomic E-state index is -1.22. The quantitative estimate of drug-likeness (QED) is 0.126. The summed E-state index contributed by atoms with van der Waals surface area (Å²) >= 11 is 0. The van der Waals surface area contributed by atoms with Crippen LogP contribution in [0.15, 0.2) is 135 Å². The number of aromatic nitrogens is 4. The first kappa shape index (κ1) is 30.3. The van der Waals surface area contributed by atoms with Gasteiger partial charge >= 0.3 is 16.9 Å². The summed E-state index contributed by atoms with van der Waals surface area (Å²) in [4.78, 5) is 0. The van der Waals surface area contributed by atoms with E-state index in [4.69, 9.17) is 13.8 Å². The summed E-state index contributed by atoms with van der Waals surface area (Å²) in [7, 11) is -2.34. The molecule has 1 aliphatic rings. The van der Waals surface area contributed by atoms with Gasteiger partial charge in [0, 0.05) is 49.6 Å². The Kier molecular flexibility index (Phi) is 9.18. The molecule has 0 saturated heterocycles. The Balaban J connectivity index is 0.973. The smallest absolute Gasteiger partial charge is 0.317 e. The molecule has 0 aliphatic carbocycles. The van der Waals surface area contributed by atoms with Gasteiger partial charge in [0.05, 0.1) is 6.61 Å². The van der Waals surface area contributed by atoms with Crippen LogP contribution in [0.3, 0.4) is 0 Å². The van der Waals surface area contributed by atoms with Crippen molar-refractivity contribution in [3.05, 3.63) is 146 Å². The van der Waals surface area contributed by atoms with E-state index in [0.29, 0.717) is 24.2 Å². The fraction of sp³-hybridized carbons (Fsp3) is 0.222. The Morgan fingerprint density at radius 1 is 0.717 bits per heavy atom. The van der Waals surface area contributed by atoms with Gasteiger partial charge in [0.1, 0.15) is 0 Å². The lowest BCUT2D eigenvalue weighted by molar-refractivity contribution is 0.202. The molecule has 236 valence electrons. The van der Waals surface area contributed by atoms with Crippen LogP contribution in [-0.2, 0) is 12.8 Å². The molecule has 1 aliphatic heterocycles. The first-order chi connectivity index (χ1) is 22.6. The van der Waals surface area contributed by atoms with Crippen molar-refractivity contribution in [1.82, 2.24) is 17.4 Å². The number of nitrogens with zero attached hydrogens (tertiary/aromatic N) is 4. The summed E-state index contributed by atoms with van der Waals surface area (Å²) in [6, 6.07) is 28.1. The first-order valence-electron chi connectivity index (χ1n) is 15.7. The number of hydrogen-bond donors (Lipinski definition) is 1. The van der Waals surface area contributed by atoms with Gasteiger partial charge in [0.2, 0.25) is 0 Å². The van der Waals surface area contributed by atoms with Crippen molar-refractivity contribution < 1.29 is 18.9 Å². The van der Waals surface area contributed by atoms with Crippen molar-refractivity contribution in [3.8, 4) is 23.0 Å². The van der Waals surface area contributed by atoms with E-state index < -0.39 is 16.9 Å². The minimum absolute atomic E-state index is 0.225. The molecule has 10 heteroatoms. The maximum Gasteiger partial charge on any atom is 0.317 e. The highest BCUT2D eigenvalue weighted by atomic mass is 31.2. The number of phenols is 1. The molecule has 4 aromatic heterocycles. The maximum atomic E-state index is 11.3. The van der Waals surface area contributed by atoms with E-state index in [9.17, 15) is 5.11 Å². The normalized spacial score (nSPS) is 15.1. The van der Waals surface area contributed by atoms with Gasteiger partial charge in [0.25, 0.3) is 0 Å². The van der Waals surface area contributed by atoms with E-state index in [1.807, 2.05) is 131 Å². The van der Waals surface area contributed by atoms with Crippen molar-refractivity contribution in [3.63, 3.8) is 0 Å². The van der Waals surface area contributed by atoms with Crippen molar-refractivity contribution in [2.75, 3.05) is 6.61 Å². The molecule has 0 spiro atoms. The molecule has 0 amide bonds. The number of para-hydroxylation sites is 2. The highest BCUT2D eigenvalue weighted by molar-refractivity contribution is 7.49. The SMILES string of the molecule is C[C@H](CCC1COc2c(cccc2OP(n2cccc2)n2cccc2)C1)Cc1cccc(OP(n2cccc2)n2cccc2)c1O. The number of aromatic hydroxyl groups is 1. The largest absolute Gasteiger partial charge is 0.504 e. The molecule has 0 radical (unpaired) electrons. The molecule has 0 bridgehead atoms. The Labute approximate surface area is 272 Å². The van der Waals surface area contributed by atoms with Crippen LogP contribution in [0.1, 0.15) is 30.9 Å². The Bertz CT molecular complexity index is 1740. The van der Waals surface area contributed by atoms with Crippen molar-refractivity contribution in [2.24, 2.45) is 11.8 Å². The highest BCUT2D eigenvalue weighted by Crippen LogP contribution is 2.48. The fourth-order valence-corrected chi connectivity index (χ4v) is 8.90. The van der Waals surface area contributed by atoms with E-state index >= 15 is 0 Å². The van der Waals surface area contributed by atoms with Crippen LogP contribution in [0.2, 0.25) is 0 Å². The standard InChI is InChI=1S/C36H38N4O4P2/c1-29(26-31-12-10-14-33(35(31)41)43-45(37-18-2-3-19-37)38-20-4-5-21-38)16-17-30-27-32-13-11-15-34(36(32)42-28-30)44-46(39-22-6-7-23-39)40-24-8-9-25-40/h2-15,18-25,29-30,41H,16-17,26-28H2,1H3/t29-,30?/m1/s1. The Morgan fingerprint density at radius 2 is 1.22 bits per heavy atom.